The van der Waals surface area contributed by atoms with Crippen molar-refractivity contribution < 1.29 is 23.0 Å². The van der Waals surface area contributed by atoms with Gasteiger partial charge >= 0.3 is 6.18 Å². The highest BCUT2D eigenvalue weighted by Crippen LogP contribution is 2.30. The van der Waals surface area contributed by atoms with Crippen molar-refractivity contribution in [2.45, 2.75) is 31.2 Å². The average molecular weight is 289 g/mol. The zero-order chi connectivity index (χ0) is 14.6. The Morgan fingerprint density at radius 3 is 2.85 bits per heavy atom. The molecule has 0 amide bonds. The van der Waals surface area contributed by atoms with Crippen LogP contribution in [0.15, 0.2) is 24.3 Å². The summed E-state index contributed by atoms with van der Waals surface area (Å²) in [5.74, 6) is 0. The van der Waals surface area contributed by atoms with E-state index in [-0.39, 0.29) is 18.2 Å². The van der Waals surface area contributed by atoms with Gasteiger partial charge in [-0.2, -0.15) is 13.2 Å². The highest BCUT2D eigenvalue weighted by atomic mass is 19.4. The number of benzene rings is 1. The van der Waals surface area contributed by atoms with Gasteiger partial charge in [0.2, 0.25) is 0 Å². The van der Waals surface area contributed by atoms with E-state index in [1.54, 1.807) is 0 Å². The van der Waals surface area contributed by atoms with Gasteiger partial charge in [-0.1, -0.05) is 12.1 Å². The zero-order valence-electron chi connectivity index (χ0n) is 11.0. The van der Waals surface area contributed by atoms with Gasteiger partial charge in [0.25, 0.3) is 0 Å². The molecule has 0 aliphatic carbocycles. The van der Waals surface area contributed by atoms with E-state index in [0.717, 1.165) is 31.6 Å². The van der Waals surface area contributed by atoms with Crippen molar-refractivity contribution in [2.75, 3.05) is 19.7 Å². The first kappa shape index (κ1) is 15.3. The molecule has 0 bridgehead atoms. The molecule has 1 heterocycles. The summed E-state index contributed by atoms with van der Waals surface area (Å²) in [5.41, 5.74) is -0.479. The molecule has 20 heavy (non-hydrogen) atoms. The minimum atomic E-state index is -4.39. The van der Waals surface area contributed by atoms with E-state index in [1.165, 1.54) is 12.1 Å². The molecule has 0 radical (unpaired) electrons. The molecule has 2 N–H and O–H groups in total. The van der Waals surface area contributed by atoms with Gasteiger partial charge in [-0.3, -0.25) is 0 Å². The van der Waals surface area contributed by atoms with Crippen LogP contribution in [0.25, 0.3) is 0 Å². The molecule has 1 fully saturated rings. The molecule has 1 saturated heterocycles. The fraction of sp³-hybridized carbons (Fsp3) is 0.571. The van der Waals surface area contributed by atoms with E-state index in [2.05, 4.69) is 5.32 Å². The molecule has 0 saturated carbocycles. The predicted molar refractivity (Wildman–Crippen MR) is 68.2 cm³/mol. The number of aliphatic hydroxyl groups excluding tert-OH is 1. The number of hydrogen-bond acceptors (Lipinski definition) is 3. The second-order valence-corrected chi connectivity index (χ2v) is 4.93. The SMILES string of the molecule is OC(CNCC1CCCO1)c1cccc(C(F)(F)F)c1. The van der Waals surface area contributed by atoms with Crippen LogP contribution in [0.4, 0.5) is 13.2 Å². The van der Waals surface area contributed by atoms with E-state index in [4.69, 9.17) is 4.74 Å². The minimum Gasteiger partial charge on any atom is -0.387 e. The number of ether oxygens (including phenoxy) is 1. The molecule has 0 aromatic heterocycles. The second-order valence-electron chi connectivity index (χ2n) is 4.93. The van der Waals surface area contributed by atoms with Crippen molar-refractivity contribution in [2.24, 2.45) is 0 Å². The third-order valence-electron chi connectivity index (χ3n) is 3.33. The van der Waals surface area contributed by atoms with Gasteiger partial charge in [0.05, 0.1) is 17.8 Å². The van der Waals surface area contributed by atoms with Gasteiger partial charge in [-0.25, -0.2) is 0 Å². The average Bonchev–Trinajstić information content (AvgIpc) is 2.91. The molecule has 0 spiro atoms. The molecular weight excluding hydrogens is 271 g/mol. The van der Waals surface area contributed by atoms with Crippen LogP contribution in [0.3, 0.4) is 0 Å². The fourth-order valence-electron chi connectivity index (χ4n) is 2.23. The van der Waals surface area contributed by atoms with E-state index < -0.39 is 17.8 Å². The van der Waals surface area contributed by atoms with Crippen LogP contribution < -0.4 is 5.32 Å². The van der Waals surface area contributed by atoms with E-state index in [9.17, 15) is 18.3 Å². The maximum Gasteiger partial charge on any atom is 0.416 e. The van der Waals surface area contributed by atoms with Crippen LogP contribution in [-0.2, 0) is 10.9 Å². The van der Waals surface area contributed by atoms with Gasteiger partial charge < -0.3 is 15.2 Å². The topological polar surface area (TPSA) is 41.5 Å². The van der Waals surface area contributed by atoms with Crippen molar-refractivity contribution in [3.8, 4) is 0 Å². The minimum absolute atomic E-state index is 0.142. The maximum absolute atomic E-state index is 12.6. The molecule has 1 aliphatic rings. The molecule has 6 heteroatoms. The van der Waals surface area contributed by atoms with Crippen LogP contribution in [0.1, 0.15) is 30.1 Å². The summed E-state index contributed by atoms with van der Waals surface area (Å²) in [7, 11) is 0. The van der Waals surface area contributed by atoms with E-state index >= 15 is 0 Å². The van der Waals surface area contributed by atoms with Crippen molar-refractivity contribution in [3.63, 3.8) is 0 Å². The van der Waals surface area contributed by atoms with Gasteiger partial charge in [-0.05, 0) is 30.5 Å². The summed E-state index contributed by atoms with van der Waals surface area (Å²) in [6.45, 7) is 1.57. The molecule has 2 unspecified atom stereocenters. The first-order valence-electron chi connectivity index (χ1n) is 6.64. The lowest BCUT2D eigenvalue weighted by Gasteiger charge is -2.16. The van der Waals surface area contributed by atoms with Crippen LogP contribution in [0.5, 0.6) is 0 Å². The van der Waals surface area contributed by atoms with Gasteiger partial charge in [0.15, 0.2) is 0 Å². The number of nitrogens with one attached hydrogen (secondary N) is 1. The standard InChI is InChI=1S/C14H18F3NO2/c15-14(16,17)11-4-1-3-10(7-11)13(19)9-18-8-12-5-2-6-20-12/h1,3-4,7,12-13,18-19H,2,5-6,8-9H2. The lowest BCUT2D eigenvalue weighted by atomic mass is 10.1. The largest absolute Gasteiger partial charge is 0.416 e. The summed E-state index contributed by atoms with van der Waals surface area (Å²) >= 11 is 0. The quantitative estimate of drug-likeness (QED) is 0.875. The summed E-state index contributed by atoms with van der Waals surface area (Å²) < 4.78 is 43.1. The molecule has 1 aromatic carbocycles. The highest BCUT2D eigenvalue weighted by Gasteiger charge is 2.30. The number of aliphatic hydroxyl groups is 1. The zero-order valence-corrected chi connectivity index (χ0v) is 11.0. The Kier molecular flexibility index (Phi) is 5.01. The van der Waals surface area contributed by atoms with Crippen molar-refractivity contribution >= 4 is 0 Å². The van der Waals surface area contributed by atoms with Crippen LogP contribution in [-0.4, -0.2) is 30.9 Å². The summed E-state index contributed by atoms with van der Waals surface area (Å²) in [6.07, 6.45) is -3.20. The third-order valence-corrected chi connectivity index (χ3v) is 3.33. The third kappa shape index (κ3) is 4.19. The Morgan fingerprint density at radius 2 is 2.20 bits per heavy atom. The normalized spacial score (nSPS) is 21.1. The van der Waals surface area contributed by atoms with Crippen LogP contribution in [0.2, 0.25) is 0 Å². The van der Waals surface area contributed by atoms with Crippen molar-refractivity contribution in [1.29, 1.82) is 0 Å². The Balaban J connectivity index is 1.86. The van der Waals surface area contributed by atoms with Gasteiger partial charge in [-0.15, -0.1) is 0 Å². The van der Waals surface area contributed by atoms with Crippen LogP contribution >= 0.6 is 0 Å². The monoisotopic (exact) mass is 289 g/mol. The number of alkyl halides is 3. The summed E-state index contributed by atoms with van der Waals surface area (Å²) in [6, 6.07) is 4.78. The van der Waals surface area contributed by atoms with E-state index in [1.807, 2.05) is 0 Å². The molecule has 1 aliphatic heterocycles. The molecule has 3 nitrogen and oxygen atoms in total. The van der Waals surface area contributed by atoms with Gasteiger partial charge in [0, 0.05) is 19.7 Å². The Bertz CT molecular complexity index is 431. The molecule has 2 atom stereocenters. The maximum atomic E-state index is 12.6. The first-order chi connectivity index (χ1) is 9.47. The second kappa shape index (κ2) is 6.56. The predicted octanol–water partition coefficient (Wildman–Crippen LogP) is 2.51. The Morgan fingerprint density at radius 1 is 1.40 bits per heavy atom. The molecule has 1 aromatic rings. The van der Waals surface area contributed by atoms with Crippen molar-refractivity contribution in [1.82, 2.24) is 5.32 Å². The van der Waals surface area contributed by atoms with Crippen LogP contribution in [0, 0.1) is 0 Å². The summed E-state index contributed by atoms with van der Waals surface area (Å²) in [5, 5.41) is 12.9. The first-order valence-corrected chi connectivity index (χ1v) is 6.64. The molecular formula is C14H18F3NO2. The Labute approximate surface area is 115 Å². The Hall–Kier alpha value is -1.11. The molecule has 2 rings (SSSR count). The summed E-state index contributed by atoms with van der Waals surface area (Å²) in [4.78, 5) is 0. The molecule has 112 valence electrons. The fourth-order valence-corrected chi connectivity index (χ4v) is 2.23. The van der Waals surface area contributed by atoms with E-state index in [0.29, 0.717) is 6.54 Å². The number of halogens is 3. The highest BCUT2D eigenvalue weighted by molar-refractivity contribution is 5.27. The lowest BCUT2D eigenvalue weighted by molar-refractivity contribution is -0.137. The van der Waals surface area contributed by atoms with Gasteiger partial charge in [0.1, 0.15) is 0 Å². The lowest BCUT2D eigenvalue weighted by Crippen LogP contribution is -2.30. The van der Waals surface area contributed by atoms with Crippen molar-refractivity contribution in [3.05, 3.63) is 35.4 Å². The number of rotatable bonds is 5. The number of hydrogen-bond donors (Lipinski definition) is 2. The smallest absolute Gasteiger partial charge is 0.387 e.